The summed E-state index contributed by atoms with van der Waals surface area (Å²) in [6.45, 7) is 0.634. The number of carbonyl (C=O) groups excluding carboxylic acids is 1. The van der Waals surface area contributed by atoms with Crippen molar-refractivity contribution in [2.75, 3.05) is 11.9 Å². The lowest BCUT2D eigenvalue weighted by atomic mass is 10.3. The number of amidine groups is 1. The molecule has 2 N–H and O–H groups in total. The zero-order valence-electron chi connectivity index (χ0n) is 15.3. The Morgan fingerprint density at radius 3 is 2.79 bits per heavy atom. The summed E-state index contributed by atoms with van der Waals surface area (Å²) in [5.74, 6) is 0.102. The Bertz CT molecular complexity index is 1200. The van der Waals surface area contributed by atoms with Crippen LogP contribution in [-0.2, 0) is 14.8 Å². The van der Waals surface area contributed by atoms with E-state index in [1.54, 1.807) is 18.2 Å². The molecule has 0 atom stereocenters. The van der Waals surface area contributed by atoms with Gasteiger partial charge >= 0.3 is 0 Å². The first-order valence-electron chi connectivity index (χ1n) is 9.00. The lowest BCUT2D eigenvalue weighted by Gasteiger charge is -2.09. The molecule has 2 heterocycles. The van der Waals surface area contributed by atoms with E-state index in [9.17, 15) is 13.2 Å². The predicted molar refractivity (Wildman–Crippen MR) is 116 cm³/mol. The van der Waals surface area contributed by atoms with E-state index in [2.05, 4.69) is 20.0 Å². The fourth-order valence-corrected chi connectivity index (χ4v) is 4.87. The van der Waals surface area contributed by atoms with E-state index < -0.39 is 10.0 Å². The average molecular weight is 427 g/mol. The molecule has 7 nitrogen and oxygen atoms in total. The summed E-state index contributed by atoms with van der Waals surface area (Å²) in [5, 5.41) is 3.40. The fraction of sp³-hybridized carbons (Fsp3) is 0.150. The first-order valence-corrected chi connectivity index (χ1v) is 11.3. The van der Waals surface area contributed by atoms with Crippen molar-refractivity contribution in [1.29, 1.82) is 0 Å². The van der Waals surface area contributed by atoms with Gasteiger partial charge in [-0.25, -0.2) is 13.4 Å². The molecule has 3 aromatic rings. The van der Waals surface area contributed by atoms with E-state index in [1.165, 1.54) is 29.5 Å². The molecule has 0 saturated heterocycles. The fourth-order valence-electron chi connectivity index (χ4n) is 2.87. The van der Waals surface area contributed by atoms with Crippen LogP contribution in [0.25, 0.3) is 16.3 Å². The number of hydrogen-bond donors (Lipinski definition) is 2. The van der Waals surface area contributed by atoms with Gasteiger partial charge in [0, 0.05) is 24.7 Å². The van der Waals surface area contributed by atoms with Crippen LogP contribution in [0.5, 0.6) is 0 Å². The maximum absolute atomic E-state index is 12.5. The van der Waals surface area contributed by atoms with Gasteiger partial charge in [0.15, 0.2) is 0 Å². The van der Waals surface area contributed by atoms with Crippen LogP contribution in [0.2, 0.25) is 0 Å². The Balaban J connectivity index is 1.45. The number of amides is 1. The van der Waals surface area contributed by atoms with Crippen molar-refractivity contribution in [3.8, 4) is 0 Å². The van der Waals surface area contributed by atoms with Gasteiger partial charge < -0.3 is 5.32 Å². The second-order valence-electron chi connectivity index (χ2n) is 6.41. The summed E-state index contributed by atoms with van der Waals surface area (Å²) in [7, 11) is -3.73. The molecule has 2 aromatic carbocycles. The van der Waals surface area contributed by atoms with Gasteiger partial charge in [0.05, 0.1) is 15.1 Å². The quantitative estimate of drug-likeness (QED) is 0.611. The van der Waals surface area contributed by atoms with E-state index in [4.69, 9.17) is 0 Å². The van der Waals surface area contributed by atoms with Crippen molar-refractivity contribution in [2.24, 2.45) is 4.99 Å². The molecule has 0 unspecified atom stereocenters. The highest BCUT2D eigenvalue weighted by atomic mass is 32.2. The molecule has 1 aromatic heterocycles. The van der Waals surface area contributed by atoms with E-state index in [0.29, 0.717) is 24.5 Å². The number of anilines is 1. The van der Waals surface area contributed by atoms with Crippen molar-refractivity contribution < 1.29 is 13.2 Å². The average Bonchev–Trinajstić information content (AvgIpc) is 3.35. The lowest BCUT2D eigenvalue weighted by molar-refractivity contribution is -0.111. The summed E-state index contributed by atoms with van der Waals surface area (Å²) in [4.78, 5) is 20.9. The van der Waals surface area contributed by atoms with Crippen LogP contribution in [0.1, 0.15) is 17.8 Å². The van der Waals surface area contributed by atoms with Crippen LogP contribution in [0.15, 0.2) is 64.5 Å². The van der Waals surface area contributed by atoms with Gasteiger partial charge in [-0.3, -0.25) is 14.5 Å². The third kappa shape index (κ3) is 4.69. The van der Waals surface area contributed by atoms with Crippen molar-refractivity contribution in [2.45, 2.75) is 17.7 Å². The number of para-hydroxylation sites is 1. The summed E-state index contributed by atoms with van der Waals surface area (Å²) in [6.07, 6.45) is 4.48. The molecule has 4 rings (SSSR count). The van der Waals surface area contributed by atoms with Gasteiger partial charge in [-0.2, -0.15) is 0 Å². The highest BCUT2D eigenvalue weighted by Gasteiger charge is 2.18. The van der Waals surface area contributed by atoms with Crippen LogP contribution in [-0.4, -0.2) is 31.7 Å². The number of thiazole rings is 1. The highest BCUT2D eigenvalue weighted by molar-refractivity contribution is 7.90. The minimum absolute atomic E-state index is 0.0695. The zero-order valence-corrected chi connectivity index (χ0v) is 17.0. The monoisotopic (exact) mass is 426 g/mol. The molecule has 0 saturated carbocycles. The lowest BCUT2D eigenvalue weighted by Crippen LogP contribution is -2.29. The van der Waals surface area contributed by atoms with E-state index in [-0.39, 0.29) is 10.8 Å². The van der Waals surface area contributed by atoms with Gasteiger partial charge in [-0.1, -0.05) is 18.2 Å². The number of nitrogens with zero attached hydrogens (tertiary/aromatic N) is 2. The standard InChI is InChI=1S/C20H18N4O3S2/c25-19(10-11-20-23-16-7-1-2-8-17(16)28-20)22-14-5-3-6-15(13-14)29(26,27)24-18-9-4-12-21-18/h1-3,5-8,10-11,13H,4,9,12H2,(H,21,24)(H,22,25)/b11-10+. The molecule has 9 heteroatoms. The molecule has 0 bridgehead atoms. The van der Waals surface area contributed by atoms with Crippen molar-refractivity contribution in [1.82, 2.24) is 9.71 Å². The van der Waals surface area contributed by atoms with Gasteiger partial charge in [0.25, 0.3) is 10.0 Å². The molecular weight excluding hydrogens is 408 g/mol. The number of aromatic nitrogens is 1. The largest absolute Gasteiger partial charge is 0.322 e. The number of sulfonamides is 1. The van der Waals surface area contributed by atoms with Crippen LogP contribution in [0.4, 0.5) is 5.69 Å². The first kappa shape index (κ1) is 19.3. The number of aliphatic imine (C=N–C) groups is 1. The van der Waals surface area contributed by atoms with Crippen LogP contribution in [0, 0.1) is 0 Å². The zero-order chi connectivity index (χ0) is 20.3. The third-order valence-electron chi connectivity index (χ3n) is 4.23. The number of fused-ring (bicyclic) bond motifs is 1. The molecular formula is C20H18N4O3S2. The summed E-state index contributed by atoms with van der Waals surface area (Å²) >= 11 is 1.49. The van der Waals surface area contributed by atoms with Crippen molar-refractivity contribution >= 4 is 55.1 Å². The van der Waals surface area contributed by atoms with E-state index in [1.807, 2.05) is 24.3 Å². The van der Waals surface area contributed by atoms with Crippen LogP contribution >= 0.6 is 11.3 Å². The molecule has 1 aliphatic rings. The molecule has 0 fully saturated rings. The minimum Gasteiger partial charge on any atom is -0.322 e. The van der Waals surface area contributed by atoms with Gasteiger partial charge in [0.1, 0.15) is 10.8 Å². The molecule has 1 aliphatic heterocycles. The Hall–Kier alpha value is -3.04. The third-order valence-corrected chi connectivity index (χ3v) is 6.61. The Morgan fingerprint density at radius 1 is 1.14 bits per heavy atom. The summed E-state index contributed by atoms with van der Waals surface area (Å²) in [6, 6.07) is 13.9. The minimum atomic E-state index is -3.73. The molecule has 0 radical (unpaired) electrons. The summed E-state index contributed by atoms with van der Waals surface area (Å²) in [5.41, 5.74) is 1.27. The number of hydrogen-bond acceptors (Lipinski definition) is 6. The Morgan fingerprint density at radius 2 is 2.00 bits per heavy atom. The second-order valence-corrected chi connectivity index (χ2v) is 9.15. The maximum atomic E-state index is 12.5. The number of rotatable bonds is 5. The number of carbonyl (C=O) groups is 1. The van der Waals surface area contributed by atoms with Gasteiger partial charge in [0.2, 0.25) is 5.91 Å². The smallest absolute Gasteiger partial charge is 0.262 e. The van der Waals surface area contributed by atoms with E-state index in [0.717, 1.165) is 21.6 Å². The predicted octanol–water partition coefficient (Wildman–Crippen LogP) is 3.42. The van der Waals surface area contributed by atoms with Crippen molar-refractivity contribution in [3.63, 3.8) is 0 Å². The normalized spacial score (nSPS) is 14.3. The van der Waals surface area contributed by atoms with Crippen LogP contribution in [0.3, 0.4) is 0 Å². The molecule has 29 heavy (non-hydrogen) atoms. The molecule has 0 spiro atoms. The molecule has 1 amide bonds. The second kappa shape index (κ2) is 8.14. The summed E-state index contributed by atoms with van der Waals surface area (Å²) < 4.78 is 28.5. The first-order chi connectivity index (χ1) is 14.0. The number of benzene rings is 2. The highest BCUT2D eigenvalue weighted by Crippen LogP contribution is 2.22. The van der Waals surface area contributed by atoms with E-state index >= 15 is 0 Å². The van der Waals surface area contributed by atoms with Crippen molar-refractivity contribution in [3.05, 3.63) is 59.6 Å². The number of nitrogens with one attached hydrogen (secondary N) is 2. The maximum Gasteiger partial charge on any atom is 0.262 e. The van der Waals surface area contributed by atoms with Gasteiger partial charge in [-0.05, 0) is 42.8 Å². The molecule has 148 valence electrons. The van der Waals surface area contributed by atoms with Crippen LogP contribution < -0.4 is 10.0 Å². The SMILES string of the molecule is O=C(/C=C/c1nc2ccccc2s1)Nc1cccc(S(=O)(=O)NC2=NCCC2)c1. The topological polar surface area (TPSA) is 101 Å². The van der Waals surface area contributed by atoms with Gasteiger partial charge in [-0.15, -0.1) is 11.3 Å². The molecule has 0 aliphatic carbocycles. The Kier molecular flexibility index (Phi) is 5.41. The Labute approximate surface area is 172 Å².